The Hall–Kier alpha value is -1.43. The smallest absolute Gasteiger partial charge is 0.142 e. The Morgan fingerprint density at radius 3 is 2.84 bits per heavy atom. The van der Waals surface area contributed by atoms with Crippen LogP contribution in [-0.4, -0.2) is 9.78 Å². The highest BCUT2D eigenvalue weighted by Gasteiger charge is 2.13. The van der Waals surface area contributed by atoms with Crippen molar-refractivity contribution in [3.63, 3.8) is 0 Å². The van der Waals surface area contributed by atoms with E-state index in [0.717, 1.165) is 24.1 Å². The van der Waals surface area contributed by atoms with E-state index in [0.29, 0.717) is 0 Å². The molecular weight excluding hydrogens is 267 g/mol. The number of aryl methyl sites for hydroxylation is 2. The van der Waals surface area contributed by atoms with Crippen molar-refractivity contribution in [2.24, 2.45) is 12.9 Å². The molecule has 0 saturated carbocycles. The molecule has 6 heteroatoms. The summed E-state index contributed by atoms with van der Waals surface area (Å²) >= 11 is 5.67. The third-order valence-electron chi connectivity index (χ3n) is 3.16. The van der Waals surface area contributed by atoms with E-state index in [1.165, 1.54) is 6.07 Å². The van der Waals surface area contributed by atoms with E-state index >= 15 is 0 Å². The van der Waals surface area contributed by atoms with Gasteiger partial charge in [0.15, 0.2) is 0 Å². The summed E-state index contributed by atoms with van der Waals surface area (Å²) in [5.41, 5.74) is 4.60. The molecule has 4 nitrogen and oxygen atoms in total. The summed E-state index contributed by atoms with van der Waals surface area (Å²) in [5.74, 6) is 5.11. The van der Waals surface area contributed by atoms with Gasteiger partial charge >= 0.3 is 0 Å². The van der Waals surface area contributed by atoms with Crippen LogP contribution in [0.3, 0.4) is 0 Å². The highest BCUT2D eigenvalue weighted by atomic mass is 35.5. The quantitative estimate of drug-likeness (QED) is 0.654. The summed E-state index contributed by atoms with van der Waals surface area (Å²) in [4.78, 5) is 0. The predicted molar refractivity (Wildman–Crippen MR) is 73.0 cm³/mol. The third-order valence-corrected chi connectivity index (χ3v) is 3.47. The van der Waals surface area contributed by atoms with Crippen molar-refractivity contribution < 1.29 is 4.39 Å². The lowest BCUT2D eigenvalue weighted by atomic mass is 10.0. The molecule has 1 aromatic heterocycles. The van der Waals surface area contributed by atoms with Crippen LogP contribution >= 0.6 is 11.6 Å². The first kappa shape index (κ1) is 14.0. The van der Waals surface area contributed by atoms with Crippen LogP contribution in [0.4, 0.5) is 4.39 Å². The fourth-order valence-corrected chi connectivity index (χ4v) is 2.13. The Labute approximate surface area is 116 Å². The van der Waals surface area contributed by atoms with Crippen molar-refractivity contribution in [3.8, 4) is 0 Å². The van der Waals surface area contributed by atoms with Crippen molar-refractivity contribution in [2.45, 2.75) is 18.9 Å². The molecule has 102 valence electrons. The average molecular weight is 283 g/mol. The van der Waals surface area contributed by atoms with Crippen LogP contribution in [0.25, 0.3) is 0 Å². The molecule has 0 aliphatic carbocycles. The Morgan fingerprint density at radius 2 is 2.26 bits per heavy atom. The van der Waals surface area contributed by atoms with Gasteiger partial charge in [0.2, 0.25) is 0 Å². The van der Waals surface area contributed by atoms with E-state index in [9.17, 15) is 4.39 Å². The monoisotopic (exact) mass is 282 g/mol. The second kappa shape index (κ2) is 6.14. The van der Waals surface area contributed by atoms with Crippen LogP contribution in [0.1, 0.15) is 23.7 Å². The minimum atomic E-state index is -0.431. The number of aromatic nitrogens is 2. The number of rotatable bonds is 5. The molecule has 0 spiro atoms. The molecule has 0 amide bonds. The average Bonchev–Trinajstić information content (AvgIpc) is 2.80. The SMILES string of the molecule is Cn1nccc1CCC(NN)c1ccc(Cl)c(F)c1. The van der Waals surface area contributed by atoms with Gasteiger partial charge in [-0.1, -0.05) is 17.7 Å². The molecule has 0 fully saturated rings. The zero-order valence-corrected chi connectivity index (χ0v) is 11.4. The molecule has 0 bridgehead atoms. The van der Waals surface area contributed by atoms with E-state index < -0.39 is 5.82 Å². The summed E-state index contributed by atoms with van der Waals surface area (Å²) in [6, 6.07) is 6.56. The number of nitrogens with zero attached hydrogens (tertiary/aromatic N) is 2. The normalized spacial score (nSPS) is 12.6. The van der Waals surface area contributed by atoms with Gasteiger partial charge in [-0.3, -0.25) is 16.0 Å². The van der Waals surface area contributed by atoms with Gasteiger partial charge in [0, 0.05) is 25.0 Å². The van der Waals surface area contributed by atoms with Crippen molar-refractivity contribution in [1.82, 2.24) is 15.2 Å². The number of hydrazine groups is 1. The van der Waals surface area contributed by atoms with Gasteiger partial charge in [-0.15, -0.1) is 0 Å². The van der Waals surface area contributed by atoms with Crippen LogP contribution in [0, 0.1) is 5.82 Å². The topological polar surface area (TPSA) is 55.9 Å². The molecule has 1 unspecified atom stereocenters. The number of hydrogen-bond acceptors (Lipinski definition) is 3. The zero-order chi connectivity index (χ0) is 13.8. The molecule has 0 aliphatic rings. The van der Waals surface area contributed by atoms with Crippen molar-refractivity contribution in [2.75, 3.05) is 0 Å². The maximum atomic E-state index is 13.4. The molecule has 1 aromatic carbocycles. The highest BCUT2D eigenvalue weighted by molar-refractivity contribution is 6.30. The first-order valence-corrected chi connectivity index (χ1v) is 6.37. The lowest BCUT2D eigenvalue weighted by molar-refractivity contribution is 0.503. The fraction of sp³-hybridized carbons (Fsp3) is 0.308. The molecule has 19 heavy (non-hydrogen) atoms. The number of nitrogens with two attached hydrogens (primary N) is 1. The zero-order valence-electron chi connectivity index (χ0n) is 10.6. The number of halogens is 2. The van der Waals surface area contributed by atoms with E-state index in [2.05, 4.69) is 10.5 Å². The van der Waals surface area contributed by atoms with E-state index in [4.69, 9.17) is 17.4 Å². The largest absolute Gasteiger partial charge is 0.273 e. The Balaban J connectivity index is 2.07. The Morgan fingerprint density at radius 1 is 1.47 bits per heavy atom. The summed E-state index contributed by atoms with van der Waals surface area (Å²) in [5, 5.41) is 4.22. The van der Waals surface area contributed by atoms with Crippen LogP contribution in [0.15, 0.2) is 30.5 Å². The van der Waals surface area contributed by atoms with E-state index in [1.54, 1.807) is 18.3 Å². The first-order valence-electron chi connectivity index (χ1n) is 5.99. The van der Waals surface area contributed by atoms with E-state index in [1.807, 2.05) is 17.8 Å². The first-order chi connectivity index (χ1) is 9.11. The molecular formula is C13H16ClFN4. The van der Waals surface area contributed by atoms with Crippen LogP contribution in [-0.2, 0) is 13.5 Å². The standard InChI is InChI=1S/C13H16ClFN4/c1-19-10(6-7-17-19)3-5-13(18-16)9-2-4-11(14)12(15)8-9/h2,4,6-8,13,18H,3,5,16H2,1H3. The number of benzene rings is 1. The Kier molecular flexibility index (Phi) is 4.52. The van der Waals surface area contributed by atoms with Crippen LogP contribution in [0.5, 0.6) is 0 Å². The predicted octanol–water partition coefficient (Wildman–Crippen LogP) is 2.35. The van der Waals surface area contributed by atoms with Crippen LogP contribution in [0.2, 0.25) is 5.02 Å². The lowest BCUT2D eigenvalue weighted by Gasteiger charge is -2.16. The van der Waals surface area contributed by atoms with Gasteiger partial charge in [-0.05, 0) is 36.6 Å². The molecule has 0 radical (unpaired) electrons. The molecule has 2 aromatic rings. The second-order valence-electron chi connectivity index (χ2n) is 4.38. The van der Waals surface area contributed by atoms with Gasteiger partial charge in [0.1, 0.15) is 5.82 Å². The van der Waals surface area contributed by atoms with Gasteiger partial charge in [0.05, 0.1) is 5.02 Å². The fourth-order valence-electron chi connectivity index (χ4n) is 2.01. The van der Waals surface area contributed by atoms with E-state index in [-0.39, 0.29) is 11.1 Å². The van der Waals surface area contributed by atoms with Crippen molar-refractivity contribution in [3.05, 3.63) is 52.6 Å². The Bertz CT molecular complexity index is 555. The maximum absolute atomic E-state index is 13.4. The third kappa shape index (κ3) is 3.32. The van der Waals surface area contributed by atoms with Crippen molar-refractivity contribution in [1.29, 1.82) is 0 Å². The summed E-state index contributed by atoms with van der Waals surface area (Å²) < 4.78 is 15.3. The van der Waals surface area contributed by atoms with Gasteiger partial charge in [-0.2, -0.15) is 5.10 Å². The lowest BCUT2D eigenvalue weighted by Crippen LogP contribution is -2.28. The van der Waals surface area contributed by atoms with Gasteiger partial charge in [0.25, 0.3) is 0 Å². The van der Waals surface area contributed by atoms with Gasteiger partial charge in [-0.25, -0.2) is 4.39 Å². The summed E-state index contributed by atoms with van der Waals surface area (Å²) in [6.07, 6.45) is 3.30. The molecule has 0 saturated heterocycles. The minimum absolute atomic E-state index is 0.117. The summed E-state index contributed by atoms with van der Waals surface area (Å²) in [7, 11) is 1.89. The minimum Gasteiger partial charge on any atom is -0.273 e. The summed E-state index contributed by atoms with van der Waals surface area (Å²) in [6.45, 7) is 0. The van der Waals surface area contributed by atoms with Crippen molar-refractivity contribution >= 4 is 11.6 Å². The molecule has 0 aliphatic heterocycles. The maximum Gasteiger partial charge on any atom is 0.142 e. The number of hydrogen-bond donors (Lipinski definition) is 2. The molecule has 2 rings (SSSR count). The highest BCUT2D eigenvalue weighted by Crippen LogP contribution is 2.23. The molecule has 3 N–H and O–H groups in total. The number of nitrogens with one attached hydrogen (secondary N) is 1. The second-order valence-corrected chi connectivity index (χ2v) is 4.78. The van der Waals surface area contributed by atoms with Gasteiger partial charge < -0.3 is 0 Å². The molecule has 1 heterocycles. The van der Waals surface area contributed by atoms with Crippen LogP contribution < -0.4 is 11.3 Å². The molecule has 1 atom stereocenters.